The summed E-state index contributed by atoms with van der Waals surface area (Å²) in [5.74, 6) is 0.367. The smallest absolute Gasteiger partial charge is 0.119 e. The Morgan fingerprint density at radius 2 is 1.52 bits per heavy atom. The molecule has 1 atom stereocenters. The normalized spacial score (nSPS) is 13.6. The molecule has 0 unspecified atom stereocenters. The highest BCUT2D eigenvalue weighted by molar-refractivity contribution is 5.44. The molecular formula is C24H35NO2. The van der Waals surface area contributed by atoms with Crippen LogP contribution in [0, 0.1) is 0 Å². The highest BCUT2D eigenvalue weighted by Gasteiger charge is 2.24. The zero-order chi connectivity index (χ0) is 20.2. The maximum Gasteiger partial charge on any atom is 0.119 e. The van der Waals surface area contributed by atoms with Crippen molar-refractivity contribution in [2.75, 3.05) is 6.54 Å². The van der Waals surface area contributed by atoms with E-state index in [1.54, 1.807) is 26.0 Å². The number of hydrogen-bond acceptors (Lipinski definition) is 3. The molecule has 3 heteroatoms. The van der Waals surface area contributed by atoms with E-state index < -0.39 is 5.60 Å². The average molecular weight is 370 g/mol. The molecule has 148 valence electrons. The molecule has 0 fully saturated rings. The maximum atomic E-state index is 10.6. The van der Waals surface area contributed by atoms with E-state index in [4.69, 9.17) is 0 Å². The van der Waals surface area contributed by atoms with Gasteiger partial charge in [-0.15, -0.1) is 0 Å². The fraction of sp³-hybridized carbons (Fsp3) is 0.500. The summed E-state index contributed by atoms with van der Waals surface area (Å²) in [6.45, 7) is 13.4. The van der Waals surface area contributed by atoms with Crippen molar-refractivity contribution in [1.29, 1.82) is 0 Å². The van der Waals surface area contributed by atoms with Crippen LogP contribution in [0.3, 0.4) is 0 Å². The second-order valence-electron chi connectivity index (χ2n) is 8.51. The summed E-state index contributed by atoms with van der Waals surface area (Å²) in [5, 5.41) is 21.1. The highest BCUT2D eigenvalue weighted by Crippen LogP contribution is 2.37. The van der Waals surface area contributed by atoms with E-state index >= 15 is 0 Å². The molecule has 0 aliphatic carbocycles. The van der Waals surface area contributed by atoms with E-state index in [1.807, 2.05) is 24.3 Å². The minimum Gasteiger partial charge on any atom is -0.508 e. The molecule has 0 aliphatic rings. The van der Waals surface area contributed by atoms with E-state index in [0.717, 1.165) is 24.1 Å². The molecule has 0 heterocycles. The lowest BCUT2D eigenvalue weighted by molar-refractivity contribution is 0.0784. The number of aromatic hydroxyl groups is 1. The molecule has 2 aromatic carbocycles. The van der Waals surface area contributed by atoms with Crippen LogP contribution in [-0.2, 0) is 5.60 Å². The number of aliphatic hydroxyl groups is 1. The van der Waals surface area contributed by atoms with Crippen LogP contribution in [0.15, 0.2) is 48.5 Å². The zero-order valence-electron chi connectivity index (χ0n) is 17.6. The van der Waals surface area contributed by atoms with Gasteiger partial charge >= 0.3 is 0 Å². The van der Waals surface area contributed by atoms with Crippen LogP contribution in [0.4, 0.5) is 0 Å². The second kappa shape index (κ2) is 8.90. The standard InChI is InChI=1S/C24H35NO2/c1-17(2)25(18(3)4)15-14-21(19-10-8-7-9-11-19)22-16-20(24(5,6)27)12-13-23(22)26/h7-13,16-18,21,26-27H,14-15H2,1-6H3/t21-/m1/s1. The minimum atomic E-state index is -0.939. The molecular weight excluding hydrogens is 334 g/mol. The summed E-state index contributed by atoms with van der Waals surface area (Å²) in [5.41, 5.74) is 1.95. The molecule has 0 saturated heterocycles. The Bertz CT molecular complexity index is 709. The van der Waals surface area contributed by atoms with Gasteiger partial charge < -0.3 is 10.2 Å². The predicted octanol–water partition coefficient (Wildman–Crippen LogP) is 5.26. The minimum absolute atomic E-state index is 0.0773. The van der Waals surface area contributed by atoms with Gasteiger partial charge in [0.2, 0.25) is 0 Å². The SMILES string of the molecule is CC(C)N(CC[C@H](c1ccccc1)c1cc(C(C)(C)O)ccc1O)C(C)C. The lowest BCUT2D eigenvalue weighted by Crippen LogP contribution is -2.38. The Labute approximate surface area is 164 Å². The lowest BCUT2D eigenvalue weighted by Gasteiger charge is -2.32. The first-order chi connectivity index (χ1) is 12.6. The Kier molecular flexibility index (Phi) is 7.07. The Morgan fingerprint density at radius 1 is 0.926 bits per heavy atom. The van der Waals surface area contributed by atoms with Crippen molar-refractivity contribution in [3.05, 3.63) is 65.2 Å². The predicted molar refractivity (Wildman–Crippen MR) is 113 cm³/mol. The molecule has 0 aromatic heterocycles. The van der Waals surface area contributed by atoms with E-state index in [-0.39, 0.29) is 11.7 Å². The third-order valence-corrected chi connectivity index (χ3v) is 5.31. The van der Waals surface area contributed by atoms with Crippen LogP contribution >= 0.6 is 0 Å². The van der Waals surface area contributed by atoms with Gasteiger partial charge in [-0.05, 0) is 77.8 Å². The Morgan fingerprint density at radius 3 is 2.04 bits per heavy atom. The molecule has 0 saturated carbocycles. The van der Waals surface area contributed by atoms with Crippen LogP contribution in [0.25, 0.3) is 0 Å². The molecule has 0 amide bonds. The van der Waals surface area contributed by atoms with Gasteiger partial charge in [-0.1, -0.05) is 36.4 Å². The molecule has 3 nitrogen and oxygen atoms in total. The number of nitrogens with zero attached hydrogens (tertiary/aromatic N) is 1. The van der Waals surface area contributed by atoms with Crippen LogP contribution in [0.5, 0.6) is 5.75 Å². The van der Waals surface area contributed by atoms with Crippen molar-refractivity contribution in [2.24, 2.45) is 0 Å². The third kappa shape index (κ3) is 5.57. The van der Waals surface area contributed by atoms with Gasteiger partial charge in [0.15, 0.2) is 0 Å². The van der Waals surface area contributed by atoms with Crippen molar-refractivity contribution in [2.45, 2.75) is 71.6 Å². The van der Waals surface area contributed by atoms with Crippen molar-refractivity contribution < 1.29 is 10.2 Å². The topological polar surface area (TPSA) is 43.7 Å². The summed E-state index contributed by atoms with van der Waals surface area (Å²) >= 11 is 0. The van der Waals surface area contributed by atoms with Gasteiger partial charge in [0.1, 0.15) is 5.75 Å². The van der Waals surface area contributed by atoms with Crippen LogP contribution < -0.4 is 0 Å². The van der Waals surface area contributed by atoms with Crippen LogP contribution in [-0.4, -0.2) is 33.7 Å². The van der Waals surface area contributed by atoms with Crippen molar-refractivity contribution >= 4 is 0 Å². The van der Waals surface area contributed by atoms with Crippen LogP contribution in [0.1, 0.15) is 70.6 Å². The summed E-state index contributed by atoms with van der Waals surface area (Å²) in [4.78, 5) is 2.48. The molecule has 27 heavy (non-hydrogen) atoms. The van der Waals surface area contributed by atoms with Gasteiger partial charge in [-0.2, -0.15) is 0 Å². The van der Waals surface area contributed by atoms with Crippen LogP contribution in [0.2, 0.25) is 0 Å². The molecule has 0 aliphatic heterocycles. The summed E-state index contributed by atoms with van der Waals surface area (Å²) < 4.78 is 0. The van der Waals surface area contributed by atoms with Crippen molar-refractivity contribution in [3.8, 4) is 5.75 Å². The number of phenols is 1. The van der Waals surface area contributed by atoms with Gasteiger partial charge in [-0.25, -0.2) is 0 Å². The summed E-state index contributed by atoms with van der Waals surface area (Å²) in [6, 6.07) is 16.8. The Hall–Kier alpha value is -1.84. The second-order valence-corrected chi connectivity index (χ2v) is 8.51. The summed E-state index contributed by atoms with van der Waals surface area (Å²) in [6.07, 6.45) is 0.906. The first kappa shape index (κ1) is 21.5. The van der Waals surface area contributed by atoms with Gasteiger partial charge in [-0.3, -0.25) is 4.90 Å². The number of benzene rings is 2. The maximum absolute atomic E-state index is 10.6. The molecule has 2 rings (SSSR count). The van der Waals surface area contributed by atoms with Gasteiger partial charge in [0.25, 0.3) is 0 Å². The van der Waals surface area contributed by atoms with E-state index in [0.29, 0.717) is 12.1 Å². The zero-order valence-corrected chi connectivity index (χ0v) is 17.6. The van der Waals surface area contributed by atoms with Gasteiger partial charge in [0, 0.05) is 23.6 Å². The quantitative estimate of drug-likeness (QED) is 0.667. The number of rotatable bonds is 8. The molecule has 2 aromatic rings. The molecule has 0 radical (unpaired) electrons. The largest absolute Gasteiger partial charge is 0.508 e. The third-order valence-electron chi connectivity index (χ3n) is 5.31. The fourth-order valence-corrected chi connectivity index (χ4v) is 3.79. The Balaban J connectivity index is 2.42. The van der Waals surface area contributed by atoms with E-state index in [2.05, 4.69) is 44.7 Å². The van der Waals surface area contributed by atoms with Crippen molar-refractivity contribution in [3.63, 3.8) is 0 Å². The van der Waals surface area contributed by atoms with E-state index in [9.17, 15) is 10.2 Å². The van der Waals surface area contributed by atoms with E-state index in [1.165, 1.54) is 5.56 Å². The molecule has 0 bridgehead atoms. The summed E-state index contributed by atoms with van der Waals surface area (Å²) in [7, 11) is 0. The average Bonchev–Trinajstić information content (AvgIpc) is 2.58. The first-order valence-electron chi connectivity index (χ1n) is 9.97. The number of phenolic OH excluding ortho intramolecular Hbond substituents is 1. The monoisotopic (exact) mass is 369 g/mol. The first-order valence-corrected chi connectivity index (χ1v) is 9.97. The highest BCUT2D eigenvalue weighted by atomic mass is 16.3. The van der Waals surface area contributed by atoms with Gasteiger partial charge in [0.05, 0.1) is 5.60 Å². The lowest BCUT2D eigenvalue weighted by atomic mass is 9.85. The number of hydrogen-bond donors (Lipinski definition) is 2. The fourth-order valence-electron chi connectivity index (χ4n) is 3.79. The van der Waals surface area contributed by atoms with Crippen molar-refractivity contribution in [1.82, 2.24) is 4.90 Å². The molecule has 0 spiro atoms. The molecule has 2 N–H and O–H groups in total.